The maximum atomic E-state index is 12.3. The minimum Gasteiger partial charge on any atom is -0.289 e. The number of aryl methyl sites for hydroxylation is 1. The summed E-state index contributed by atoms with van der Waals surface area (Å²) in [6.07, 6.45) is 0. The predicted molar refractivity (Wildman–Crippen MR) is 80.5 cm³/mol. The van der Waals surface area contributed by atoms with Gasteiger partial charge in [0.2, 0.25) is 0 Å². The Morgan fingerprint density at radius 3 is 2.47 bits per heavy atom. The minimum atomic E-state index is 0.134. The third-order valence-electron chi connectivity index (χ3n) is 3.06. The van der Waals surface area contributed by atoms with Gasteiger partial charge in [0, 0.05) is 19.2 Å². The molecular formula is C14H8BrIO. The van der Waals surface area contributed by atoms with Crippen molar-refractivity contribution in [3.8, 4) is 11.1 Å². The quantitative estimate of drug-likeness (QED) is 0.507. The van der Waals surface area contributed by atoms with Crippen molar-refractivity contribution in [2.24, 2.45) is 0 Å². The third-order valence-corrected chi connectivity index (χ3v) is 4.59. The molecule has 0 aromatic heterocycles. The first-order valence-corrected chi connectivity index (χ1v) is 7.10. The summed E-state index contributed by atoms with van der Waals surface area (Å²) in [5.41, 5.74) is 4.90. The highest BCUT2D eigenvalue weighted by atomic mass is 127. The van der Waals surface area contributed by atoms with E-state index in [-0.39, 0.29) is 5.78 Å². The van der Waals surface area contributed by atoms with Gasteiger partial charge in [0.25, 0.3) is 0 Å². The summed E-state index contributed by atoms with van der Waals surface area (Å²) < 4.78 is 2.09. The molecule has 0 bridgehead atoms. The monoisotopic (exact) mass is 398 g/mol. The zero-order valence-corrected chi connectivity index (χ0v) is 12.8. The lowest BCUT2D eigenvalue weighted by molar-refractivity contribution is 0.104. The van der Waals surface area contributed by atoms with Crippen molar-refractivity contribution in [3.63, 3.8) is 0 Å². The molecule has 2 aromatic rings. The summed E-state index contributed by atoms with van der Waals surface area (Å²) in [5, 5.41) is 0. The number of benzene rings is 2. The van der Waals surface area contributed by atoms with Gasteiger partial charge in [0.15, 0.2) is 5.78 Å². The SMILES string of the molecule is Cc1cc2c(cc1Br)C(=O)c1cc(I)ccc1-2. The van der Waals surface area contributed by atoms with Gasteiger partial charge in [0.05, 0.1) is 0 Å². The van der Waals surface area contributed by atoms with E-state index in [1.807, 2.05) is 31.2 Å². The lowest BCUT2D eigenvalue weighted by Gasteiger charge is -2.03. The first kappa shape index (κ1) is 11.4. The van der Waals surface area contributed by atoms with Crippen LogP contribution in [0.25, 0.3) is 11.1 Å². The van der Waals surface area contributed by atoms with Crippen LogP contribution in [0.4, 0.5) is 0 Å². The molecule has 0 amide bonds. The number of rotatable bonds is 0. The fraction of sp³-hybridized carbons (Fsp3) is 0.0714. The van der Waals surface area contributed by atoms with Gasteiger partial charge in [-0.25, -0.2) is 0 Å². The van der Waals surface area contributed by atoms with Crippen LogP contribution in [0.1, 0.15) is 21.5 Å². The Balaban J connectivity index is 2.35. The van der Waals surface area contributed by atoms with E-state index in [0.29, 0.717) is 0 Å². The number of ketones is 1. The van der Waals surface area contributed by atoms with Crippen molar-refractivity contribution >= 4 is 44.3 Å². The zero-order valence-electron chi connectivity index (χ0n) is 9.05. The summed E-state index contributed by atoms with van der Waals surface area (Å²) in [6.45, 7) is 2.04. The van der Waals surface area contributed by atoms with Gasteiger partial charge in [0.1, 0.15) is 0 Å². The molecule has 0 N–H and O–H groups in total. The summed E-state index contributed by atoms with van der Waals surface area (Å²) in [4.78, 5) is 12.3. The van der Waals surface area contributed by atoms with E-state index in [9.17, 15) is 4.79 Å². The molecule has 0 saturated heterocycles. The average Bonchev–Trinajstić information content (AvgIpc) is 2.54. The van der Waals surface area contributed by atoms with Gasteiger partial charge in [-0.1, -0.05) is 22.0 Å². The Kier molecular flexibility index (Phi) is 2.63. The highest BCUT2D eigenvalue weighted by molar-refractivity contribution is 14.1. The Morgan fingerprint density at radius 2 is 1.71 bits per heavy atom. The second-order valence-corrected chi connectivity index (χ2v) is 6.27. The first-order chi connectivity index (χ1) is 8.08. The van der Waals surface area contributed by atoms with Gasteiger partial charge in [-0.05, 0) is 70.5 Å². The summed E-state index contributed by atoms with van der Waals surface area (Å²) in [7, 11) is 0. The molecule has 0 heterocycles. The molecule has 0 radical (unpaired) electrons. The number of carbonyl (C=O) groups excluding carboxylic acids is 1. The average molecular weight is 399 g/mol. The van der Waals surface area contributed by atoms with Crippen LogP contribution >= 0.6 is 38.5 Å². The van der Waals surface area contributed by atoms with Gasteiger partial charge in [-0.2, -0.15) is 0 Å². The van der Waals surface area contributed by atoms with E-state index in [4.69, 9.17) is 0 Å². The molecule has 17 heavy (non-hydrogen) atoms. The van der Waals surface area contributed by atoms with Crippen LogP contribution in [0.2, 0.25) is 0 Å². The molecule has 2 aromatic carbocycles. The van der Waals surface area contributed by atoms with Crippen molar-refractivity contribution in [2.45, 2.75) is 6.92 Å². The lowest BCUT2D eigenvalue weighted by atomic mass is 10.0. The van der Waals surface area contributed by atoms with Crippen molar-refractivity contribution < 1.29 is 4.79 Å². The van der Waals surface area contributed by atoms with E-state index in [0.717, 1.165) is 35.9 Å². The Bertz CT molecular complexity index is 662. The molecule has 0 saturated carbocycles. The number of carbonyl (C=O) groups is 1. The number of hydrogen-bond donors (Lipinski definition) is 0. The summed E-state index contributed by atoms with van der Waals surface area (Å²) >= 11 is 5.72. The standard InChI is InChI=1S/C14H8BrIO/c1-7-4-10-9-3-2-8(16)5-11(9)14(17)12(10)6-13(7)15/h2-6H,1H3. The lowest BCUT2D eigenvalue weighted by Crippen LogP contribution is -1.95. The molecule has 3 heteroatoms. The first-order valence-electron chi connectivity index (χ1n) is 5.22. The molecular weight excluding hydrogens is 391 g/mol. The van der Waals surface area contributed by atoms with Crippen LogP contribution in [-0.2, 0) is 0 Å². The Hall–Kier alpha value is -0.680. The van der Waals surface area contributed by atoms with E-state index in [1.54, 1.807) is 0 Å². The van der Waals surface area contributed by atoms with E-state index < -0.39 is 0 Å². The maximum absolute atomic E-state index is 12.3. The van der Waals surface area contributed by atoms with Crippen LogP contribution in [0.3, 0.4) is 0 Å². The molecule has 0 aliphatic heterocycles. The van der Waals surface area contributed by atoms with Crippen LogP contribution in [0.5, 0.6) is 0 Å². The van der Waals surface area contributed by atoms with Crippen molar-refractivity contribution in [2.75, 3.05) is 0 Å². The summed E-state index contributed by atoms with van der Waals surface area (Å²) in [5.74, 6) is 0.134. The predicted octanol–water partition coefficient (Wildman–Crippen LogP) is 4.57. The maximum Gasteiger partial charge on any atom is 0.194 e. The largest absolute Gasteiger partial charge is 0.289 e. The van der Waals surface area contributed by atoms with Crippen molar-refractivity contribution in [3.05, 3.63) is 55.1 Å². The zero-order chi connectivity index (χ0) is 12.2. The highest BCUT2D eigenvalue weighted by Gasteiger charge is 2.27. The van der Waals surface area contributed by atoms with E-state index >= 15 is 0 Å². The fourth-order valence-electron chi connectivity index (χ4n) is 2.18. The van der Waals surface area contributed by atoms with E-state index in [2.05, 4.69) is 44.6 Å². The number of halogens is 2. The molecule has 1 aliphatic rings. The molecule has 3 rings (SSSR count). The third kappa shape index (κ3) is 1.67. The van der Waals surface area contributed by atoms with Gasteiger partial charge in [-0.15, -0.1) is 0 Å². The van der Waals surface area contributed by atoms with Crippen LogP contribution < -0.4 is 0 Å². The molecule has 84 valence electrons. The molecule has 1 nitrogen and oxygen atoms in total. The normalized spacial score (nSPS) is 12.5. The molecule has 0 spiro atoms. The van der Waals surface area contributed by atoms with Gasteiger partial charge in [-0.3, -0.25) is 4.79 Å². The molecule has 0 atom stereocenters. The minimum absolute atomic E-state index is 0.134. The highest BCUT2D eigenvalue weighted by Crippen LogP contribution is 2.39. The Labute approximate surface area is 122 Å². The second kappa shape index (κ2) is 3.92. The van der Waals surface area contributed by atoms with Crippen LogP contribution in [0.15, 0.2) is 34.8 Å². The topological polar surface area (TPSA) is 17.1 Å². The van der Waals surface area contributed by atoms with Crippen molar-refractivity contribution in [1.82, 2.24) is 0 Å². The fourth-order valence-corrected chi connectivity index (χ4v) is 3.01. The van der Waals surface area contributed by atoms with Gasteiger partial charge >= 0.3 is 0 Å². The van der Waals surface area contributed by atoms with Crippen molar-refractivity contribution in [1.29, 1.82) is 0 Å². The van der Waals surface area contributed by atoms with Crippen LogP contribution in [0, 0.1) is 10.5 Å². The molecule has 1 aliphatic carbocycles. The molecule has 0 fully saturated rings. The second-order valence-electron chi connectivity index (χ2n) is 4.17. The van der Waals surface area contributed by atoms with Crippen LogP contribution in [-0.4, -0.2) is 5.78 Å². The number of fused-ring (bicyclic) bond motifs is 3. The number of hydrogen-bond acceptors (Lipinski definition) is 1. The molecule has 0 unspecified atom stereocenters. The van der Waals surface area contributed by atoms with Gasteiger partial charge < -0.3 is 0 Å². The van der Waals surface area contributed by atoms with E-state index in [1.165, 1.54) is 0 Å². The Morgan fingerprint density at radius 1 is 1.00 bits per heavy atom. The smallest absolute Gasteiger partial charge is 0.194 e. The summed E-state index contributed by atoms with van der Waals surface area (Å²) in [6, 6.07) is 10.0.